The summed E-state index contributed by atoms with van der Waals surface area (Å²) in [7, 11) is 0. The van der Waals surface area contributed by atoms with Gasteiger partial charge in [-0.25, -0.2) is 0 Å². The summed E-state index contributed by atoms with van der Waals surface area (Å²) in [5.41, 5.74) is 1.60. The Balaban J connectivity index is 2.19. The number of nitrogens with zero attached hydrogens (tertiary/aromatic N) is 1. The Bertz CT molecular complexity index is 906. The van der Waals surface area contributed by atoms with Crippen molar-refractivity contribution >= 4 is 58.4 Å². The van der Waals surface area contributed by atoms with Gasteiger partial charge in [0, 0.05) is 33.4 Å². The lowest BCUT2D eigenvalue weighted by atomic mass is 10.1. The molecular weight excluding hydrogens is 487 g/mol. The Morgan fingerprint density at radius 3 is 2.19 bits per heavy atom. The number of amides is 2. The van der Waals surface area contributed by atoms with Crippen LogP contribution in [0.5, 0.6) is 0 Å². The molecule has 0 saturated heterocycles. The van der Waals surface area contributed by atoms with Gasteiger partial charge in [-0.05, 0) is 49.1 Å². The third kappa shape index (κ3) is 7.58. The van der Waals surface area contributed by atoms with Crippen molar-refractivity contribution in [2.75, 3.05) is 5.75 Å². The molecule has 2 aromatic rings. The number of hydrogen-bond donors (Lipinski definition) is 1. The lowest BCUT2D eigenvalue weighted by molar-refractivity contribution is -0.139. The summed E-state index contributed by atoms with van der Waals surface area (Å²) in [6.45, 7) is 6.13. The molecule has 2 aromatic carbocycles. The molecule has 32 heavy (non-hydrogen) atoms. The van der Waals surface area contributed by atoms with Crippen molar-refractivity contribution in [3.8, 4) is 0 Å². The van der Waals surface area contributed by atoms with E-state index in [1.54, 1.807) is 29.2 Å². The van der Waals surface area contributed by atoms with E-state index in [0.717, 1.165) is 17.5 Å². The number of carbonyl (C=O) groups excluding carboxylic acids is 2. The van der Waals surface area contributed by atoms with Gasteiger partial charge in [-0.15, -0.1) is 11.8 Å². The summed E-state index contributed by atoms with van der Waals surface area (Å²) in [6.07, 6.45) is 1.31. The fourth-order valence-corrected chi connectivity index (χ4v) is 5.01. The van der Waals surface area contributed by atoms with Crippen LogP contribution in [0.4, 0.5) is 0 Å². The van der Waals surface area contributed by atoms with Crippen molar-refractivity contribution in [2.24, 2.45) is 0 Å². The van der Waals surface area contributed by atoms with Crippen molar-refractivity contribution in [1.82, 2.24) is 10.2 Å². The molecule has 0 aliphatic heterocycles. The molecule has 2 amide bonds. The molecule has 2 atom stereocenters. The molecule has 0 heterocycles. The van der Waals surface area contributed by atoms with E-state index >= 15 is 0 Å². The average molecular weight is 516 g/mol. The van der Waals surface area contributed by atoms with E-state index in [4.69, 9.17) is 34.8 Å². The average Bonchev–Trinajstić information content (AvgIpc) is 2.76. The summed E-state index contributed by atoms with van der Waals surface area (Å²) in [5.74, 6) is 0.407. The summed E-state index contributed by atoms with van der Waals surface area (Å²) in [5, 5.41) is 4.72. The maximum atomic E-state index is 13.3. The van der Waals surface area contributed by atoms with E-state index in [1.165, 1.54) is 11.8 Å². The van der Waals surface area contributed by atoms with Gasteiger partial charge < -0.3 is 10.2 Å². The summed E-state index contributed by atoms with van der Waals surface area (Å²) < 4.78 is 0. The van der Waals surface area contributed by atoms with Crippen LogP contribution in [-0.2, 0) is 21.9 Å². The predicted molar refractivity (Wildman–Crippen MR) is 137 cm³/mol. The van der Waals surface area contributed by atoms with Gasteiger partial charge in [0.05, 0.1) is 5.75 Å². The highest BCUT2D eigenvalue weighted by Gasteiger charge is 2.29. The Labute approximate surface area is 210 Å². The topological polar surface area (TPSA) is 49.4 Å². The minimum atomic E-state index is -0.586. The van der Waals surface area contributed by atoms with Gasteiger partial charge in [0.15, 0.2) is 0 Å². The second-order valence-corrected chi connectivity index (χ2v) is 9.76. The van der Waals surface area contributed by atoms with Crippen molar-refractivity contribution in [1.29, 1.82) is 0 Å². The molecule has 8 heteroatoms. The number of nitrogens with one attached hydrogen (secondary N) is 1. The monoisotopic (exact) mass is 514 g/mol. The quantitative estimate of drug-likeness (QED) is 0.367. The van der Waals surface area contributed by atoms with Crippen molar-refractivity contribution < 1.29 is 9.59 Å². The van der Waals surface area contributed by atoms with E-state index in [2.05, 4.69) is 5.32 Å². The van der Waals surface area contributed by atoms with E-state index in [9.17, 15) is 9.59 Å². The summed E-state index contributed by atoms with van der Waals surface area (Å²) >= 11 is 20.3. The Hall–Kier alpha value is -1.40. The first-order valence-electron chi connectivity index (χ1n) is 10.6. The predicted octanol–water partition coefficient (Wildman–Crippen LogP) is 6.60. The number of halogens is 3. The first-order valence-corrected chi connectivity index (χ1v) is 12.9. The zero-order valence-corrected chi connectivity index (χ0v) is 21.6. The van der Waals surface area contributed by atoms with E-state index in [-0.39, 0.29) is 30.2 Å². The van der Waals surface area contributed by atoms with Crippen LogP contribution in [0.2, 0.25) is 15.1 Å². The molecule has 0 aliphatic rings. The third-order valence-corrected chi connectivity index (χ3v) is 7.24. The van der Waals surface area contributed by atoms with Gasteiger partial charge in [0.2, 0.25) is 11.8 Å². The minimum Gasteiger partial charge on any atom is -0.352 e. The second kappa shape index (κ2) is 13.3. The van der Waals surface area contributed by atoms with Crippen LogP contribution >= 0.6 is 46.6 Å². The summed E-state index contributed by atoms with van der Waals surface area (Å²) in [4.78, 5) is 27.9. The van der Waals surface area contributed by atoms with Gasteiger partial charge in [0.1, 0.15) is 6.04 Å². The van der Waals surface area contributed by atoms with Gasteiger partial charge in [0.25, 0.3) is 0 Å². The molecule has 0 radical (unpaired) electrons. The van der Waals surface area contributed by atoms with Crippen LogP contribution in [0.15, 0.2) is 42.5 Å². The molecule has 0 aromatic heterocycles. The number of rotatable bonds is 11. The molecule has 4 nitrogen and oxygen atoms in total. The lowest BCUT2D eigenvalue weighted by Gasteiger charge is -2.31. The fraction of sp³-hybridized carbons (Fsp3) is 0.417. The van der Waals surface area contributed by atoms with Crippen molar-refractivity contribution in [2.45, 2.75) is 58.0 Å². The van der Waals surface area contributed by atoms with Crippen LogP contribution in [0.3, 0.4) is 0 Å². The summed E-state index contributed by atoms with van der Waals surface area (Å²) in [6, 6.07) is 12.2. The smallest absolute Gasteiger partial charge is 0.243 e. The van der Waals surface area contributed by atoms with Gasteiger partial charge in [-0.2, -0.15) is 0 Å². The van der Waals surface area contributed by atoms with Crippen LogP contribution < -0.4 is 5.32 Å². The molecule has 174 valence electrons. The van der Waals surface area contributed by atoms with Gasteiger partial charge in [-0.3, -0.25) is 9.59 Å². The standard InChI is InChI=1S/C24H29Cl3N2O2S/c1-4-16(3)28-24(31)22(5-2)29(13-17-9-6-7-10-19(17)25)23(30)15-32-14-18-20(26)11-8-12-21(18)27/h6-12,16,22H,4-5,13-15H2,1-3H3,(H,28,31)/t16-,22+/m1/s1. The largest absolute Gasteiger partial charge is 0.352 e. The lowest BCUT2D eigenvalue weighted by Crippen LogP contribution is -2.51. The first-order chi connectivity index (χ1) is 15.3. The molecule has 0 bridgehead atoms. The number of carbonyl (C=O) groups is 2. The molecule has 0 spiro atoms. The minimum absolute atomic E-state index is 0.0329. The first kappa shape index (κ1) is 26.8. The van der Waals surface area contributed by atoms with E-state index in [0.29, 0.717) is 27.2 Å². The maximum absolute atomic E-state index is 13.3. The number of benzene rings is 2. The molecule has 0 aliphatic carbocycles. The van der Waals surface area contributed by atoms with Crippen LogP contribution in [0.1, 0.15) is 44.7 Å². The highest BCUT2D eigenvalue weighted by molar-refractivity contribution is 7.99. The van der Waals surface area contributed by atoms with E-state index < -0.39 is 6.04 Å². The Kier molecular flexibility index (Phi) is 11.2. The molecule has 0 fully saturated rings. The highest BCUT2D eigenvalue weighted by Crippen LogP contribution is 2.29. The van der Waals surface area contributed by atoms with Crippen molar-refractivity contribution in [3.05, 3.63) is 68.7 Å². The van der Waals surface area contributed by atoms with Crippen LogP contribution in [0.25, 0.3) is 0 Å². The van der Waals surface area contributed by atoms with E-state index in [1.807, 2.05) is 39.0 Å². The Morgan fingerprint density at radius 2 is 1.59 bits per heavy atom. The maximum Gasteiger partial charge on any atom is 0.243 e. The zero-order chi connectivity index (χ0) is 23.7. The van der Waals surface area contributed by atoms with Gasteiger partial charge in [-0.1, -0.05) is 72.9 Å². The number of thioether (sulfide) groups is 1. The molecular formula is C24H29Cl3N2O2S. The normalized spacial score (nSPS) is 12.8. The fourth-order valence-electron chi connectivity index (χ4n) is 3.16. The van der Waals surface area contributed by atoms with Gasteiger partial charge >= 0.3 is 0 Å². The molecule has 2 rings (SSSR count). The van der Waals surface area contributed by atoms with Crippen LogP contribution in [-0.4, -0.2) is 34.6 Å². The van der Waals surface area contributed by atoms with Crippen LogP contribution in [0, 0.1) is 0 Å². The highest BCUT2D eigenvalue weighted by atomic mass is 35.5. The zero-order valence-electron chi connectivity index (χ0n) is 18.5. The molecule has 0 saturated carbocycles. The third-order valence-electron chi connectivity index (χ3n) is 5.22. The SMILES string of the molecule is CC[C@@H](C)NC(=O)[C@H](CC)N(Cc1ccccc1Cl)C(=O)CSCc1c(Cl)cccc1Cl. The molecule has 1 N–H and O–H groups in total. The molecule has 0 unspecified atom stereocenters. The second-order valence-electron chi connectivity index (χ2n) is 7.55. The van der Waals surface area contributed by atoms with Crippen molar-refractivity contribution in [3.63, 3.8) is 0 Å². The Morgan fingerprint density at radius 1 is 0.969 bits per heavy atom. The number of hydrogen-bond acceptors (Lipinski definition) is 3.